The van der Waals surface area contributed by atoms with E-state index in [4.69, 9.17) is 4.74 Å². The number of esters is 1. The van der Waals surface area contributed by atoms with Gasteiger partial charge in [-0.15, -0.1) is 13.2 Å². The Morgan fingerprint density at radius 3 is 2.31 bits per heavy atom. The molecule has 1 rings (SSSR count). The molecular weight excluding hydrogens is 357 g/mol. The number of rotatable bonds is 6. The van der Waals surface area contributed by atoms with Crippen LogP contribution in [-0.4, -0.2) is 43.7 Å². The van der Waals surface area contributed by atoms with E-state index >= 15 is 0 Å². The third-order valence-corrected chi connectivity index (χ3v) is 2.83. The largest absolute Gasteiger partial charge is 0.573 e. The number of nitrogens with one attached hydrogen (secondary N) is 2. The highest BCUT2D eigenvalue weighted by Gasteiger charge is 2.32. The first kappa shape index (κ1) is 21.6. The molecule has 10 heteroatoms. The van der Waals surface area contributed by atoms with Crippen molar-refractivity contribution in [3.8, 4) is 5.75 Å². The average Bonchev–Trinajstić information content (AvgIpc) is 2.50. The molecule has 1 atom stereocenters. The number of benzene rings is 1. The van der Waals surface area contributed by atoms with Gasteiger partial charge < -0.3 is 24.8 Å². The van der Waals surface area contributed by atoms with E-state index in [9.17, 15) is 22.8 Å². The lowest BCUT2D eigenvalue weighted by atomic mass is 10.2. The molecule has 1 aromatic carbocycles. The Kier molecular flexibility index (Phi) is 7.25. The Morgan fingerprint density at radius 1 is 1.15 bits per heavy atom. The summed E-state index contributed by atoms with van der Waals surface area (Å²) in [6.45, 7) is 5.09. The molecule has 0 aromatic heterocycles. The molecule has 1 aromatic rings. The van der Waals surface area contributed by atoms with E-state index in [1.807, 2.05) is 0 Å². The second-order valence-electron chi connectivity index (χ2n) is 6.14. The molecule has 2 amide bonds. The first-order chi connectivity index (χ1) is 11.9. The zero-order valence-corrected chi connectivity index (χ0v) is 14.8. The second kappa shape index (κ2) is 8.75. The van der Waals surface area contributed by atoms with Crippen molar-refractivity contribution in [2.24, 2.45) is 0 Å². The number of carbonyl (C=O) groups is 2. The van der Waals surface area contributed by atoms with Gasteiger partial charge in [0.1, 0.15) is 0 Å². The van der Waals surface area contributed by atoms with E-state index in [2.05, 4.69) is 20.1 Å². The summed E-state index contributed by atoms with van der Waals surface area (Å²) in [7, 11) is 1.14. The second-order valence-corrected chi connectivity index (χ2v) is 6.14. The van der Waals surface area contributed by atoms with Gasteiger partial charge >= 0.3 is 18.4 Å². The van der Waals surface area contributed by atoms with Crippen LogP contribution in [0.2, 0.25) is 0 Å². The van der Waals surface area contributed by atoms with Crippen molar-refractivity contribution in [3.63, 3.8) is 0 Å². The van der Waals surface area contributed by atoms with Crippen molar-refractivity contribution in [3.05, 3.63) is 24.3 Å². The molecule has 0 aliphatic rings. The molecule has 1 unspecified atom stereocenters. The number of para-hydroxylation sites is 2. The van der Waals surface area contributed by atoms with Crippen LogP contribution in [0.3, 0.4) is 0 Å². The van der Waals surface area contributed by atoms with Crippen LogP contribution >= 0.6 is 0 Å². The minimum atomic E-state index is -4.91. The van der Waals surface area contributed by atoms with Crippen LogP contribution in [0.15, 0.2) is 24.3 Å². The SMILES string of the molecule is COC(=O)C(COC(C)(C)C)NC(=O)Nc1ccccc1OC(F)(F)F. The molecule has 0 heterocycles. The number of ether oxygens (including phenoxy) is 3. The van der Waals surface area contributed by atoms with Gasteiger partial charge in [0.2, 0.25) is 0 Å². The van der Waals surface area contributed by atoms with Crippen LogP contribution in [0.5, 0.6) is 5.75 Å². The number of carbonyl (C=O) groups excluding carboxylic acids is 2. The minimum absolute atomic E-state index is 0.176. The van der Waals surface area contributed by atoms with Gasteiger partial charge in [-0.2, -0.15) is 0 Å². The van der Waals surface area contributed by atoms with E-state index < -0.39 is 35.8 Å². The highest BCUT2D eigenvalue weighted by Crippen LogP contribution is 2.29. The first-order valence-corrected chi connectivity index (χ1v) is 7.55. The quantitative estimate of drug-likeness (QED) is 0.743. The number of hydrogen-bond donors (Lipinski definition) is 2. The Balaban J connectivity index is 2.81. The molecule has 0 saturated carbocycles. The summed E-state index contributed by atoms with van der Waals surface area (Å²) >= 11 is 0. The molecule has 0 aliphatic heterocycles. The molecule has 26 heavy (non-hydrogen) atoms. The van der Waals surface area contributed by atoms with Crippen molar-refractivity contribution in [1.29, 1.82) is 0 Å². The molecule has 2 N–H and O–H groups in total. The summed E-state index contributed by atoms with van der Waals surface area (Å²) < 4.78 is 51.1. The number of urea groups is 1. The molecule has 7 nitrogen and oxygen atoms in total. The molecular formula is C16H21F3N2O5. The van der Waals surface area contributed by atoms with Crippen molar-refractivity contribution >= 4 is 17.7 Å². The molecule has 0 radical (unpaired) electrons. The number of anilines is 1. The van der Waals surface area contributed by atoms with Gasteiger partial charge in [-0.05, 0) is 32.9 Å². The van der Waals surface area contributed by atoms with E-state index in [1.165, 1.54) is 18.2 Å². The fourth-order valence-corrected chi connectivity index (χ4v) is 1.74. The van der Waals surface area contributed by atoms with Gasteiger partial charge in [0, 0.05) is 0 Å². The van der Waals surface area contributed by atoms with Gasteiger partial charge in [-0.3, -0.25) is 0 Å². The summed E-state index contributed by atoms with van der Waals surface area (Å²) in [4.78, 5) is 23.8. The number of alkyl halides is 3. The van der Waals surface area contributed by atoms with E-state index in [0.717, 1.165) is 13.2 Å². The average molecular weight is 378 g/mol. The molecule has 0 bridgehead atoms. The van der Waals surface area contributed by atoms with Crippen LogP contribution in [0.1, 0.15) is 20.8 Å². The zero-order chi connectivity index (χ0) is 20.0. The van der Waals surface area contributed by atoms with E-state index in [0.29, 0.717) is 0 Å². The van der Waals surface area contributed by atoms with Gasteiger partial charge in [0.15, 0.2) is 11.8 Å². The van der Waals surface area contributed by atoms with Crippen molar-refractivity contribution in [1.82, 2.24) is 5.32 Å². The maximum Gasteiger partial charge on any atom is 0.573 e. The number of halogens is 3. The van der Waals surface area contributed by atoms with Crippen LogP contribution in [-0.2, 0) is 14.3 Å². The van der Waals surface area contributed by atoms with Gasteiger partial charge in [0.05, 0.1) is 25.0 Å². The maximum atomic E-state index is 12.4. The number of amides is 2. The Hall–Kier alpha value is -2.49. The topological polar surface area (TPSA) is 85.9 Å². The minimum Gasteiger partial charge on any atom is -0.467 e. The first-order valence-electron chi connectivity index (χ1n) is 7.55. The Morgan fingerprint density at radius 2 is 1.77 bits per heavy atom. The summed E-state index contributed by atoms with van der Waals surface area (Å²) in [6, 6.07) is 2.94. The third kappa shape index (κ3) is 8.06. The normalized spacial score (nSPS) is 12.9. The lowest BCUT2D eigenvalue weighted by Gasteiger charge is -2.24. The van der Waals surface area contributed by atoms with Gasteiger partial charge in [0.25, 0.3) is 0 Å². The van der Waals surface area contributed by atoms with E-state index in [1.54, 1.807) is 20.8 Å². The Labute approximate surface area is 148 Å². The van der Waals surface area contributed by atoms with Crippen LogP contribution in [0, 0.1) is 0 Å². The predicted molar refractivity (Wildman–Crippen MR) is 86.8 cm³/mol. The molecule has 0 saturated heterocycles. The van der Waals surface area contributed by atoms with Crippen molar-refractivity contribution in [2.45, 2.75) is 38.8 Å². The zero-order valence-electron chi connectivity index (χ0n) is 14.8. The predicted octanol–water partition coefficient (Wildman–Crippen LogP) is 3.06. The summed E-state index contributed by atoms with van der Waals surface area (Å²) in [5.41, 5.74) is -0.792. The summed E-state index contributed by atoms with van der Waals surface area (Å²) in [5, 5.41) is 4.49. The lowest BCUT2D eigenvalue weighted by Crippen LogP contribution is -2.47. The van der Waals surface area contributed by atoms with E-state index in [-0.39, 0.29) is 12.3 Å². The van der Waals surface area contributed by atoms with Gasteiger partial charge in [-0.1, -0.05) is 12.1 Å². The van der Waals surface area contributed by atoms with Crippen LogP contribution < -0.4 is 15.4 Å². The molecule has 0 fully saturated rings. The van der Waals surface area contributed by atoms with Crippen molar-refractivity contribution in [2.75, 3.05) is 19.0 Å². The van der Waals surface area contributed by atoms with Gasteiger partial charge in [-0.25, -0.2) is 9.59 Å². The smallest absolute Gasteiger partial charge is 0.467 e. The van der Waals surface area contributed by atoms with Crippen molar-refractivity contribution < 1.29 is 37.0 Å². The highest BCUT2D eigenvalue weighted by atomic mass is 19.4. The molecule has 146 valence electrons. The Bertz CT molecular complexity index is 629. The standard InChI is InChI=1S/C16H21F3N2O5/c1-15(2,3)25-9-11(13(22)24-4)21-14(23)20-10-7-5-6-8-12(10)26-16(17,18)19/h5-8,11H,9H2,1-4H3,(H2,20,21,23). The maximum absolute atomic E-state index is 12.4. The molecule has 0 spiro atoms. The summed E-state index contributed by atoms with van der Waals surface area (Å²) in [5.74, 6) is -1.35. The lowest BCUT2D eigenvalue weighted by molar-refractivity contribution is -0.274. The fraction of sp³-hybridized carbons (Fsp3) is 0.500. The number of methoxy groups -OCH3 is 1. The third-order valence-electron chi connectivity index (χ3n) is 2.83. The monoisotopic (exact) mass is 378 g/mol. The molecule has 0 aliphatic carbocycles. The van der Waals surface area contributed by atoms with Crippen LogP contribution in [0.4, 0.5) is 23.7 Å². The van der Waals surface area contributed by atoms with Crippen LogP contribution in [0.25, 0.3) is 0 Å². The fourth-order valence-electron chi connectivity index (χ4n) is 1.74. The highest BCUT2D eigenvalue weighted by molar-refractivity contribution is 5.93. The number of hydrogen-bond acceptors (Lipinski definition) is 5. The summed E-state index contributed by atoms with van der Waals surface area (Å²) in [6.07, 6.45) is -4.91.